The van der Waals surface area contributed by atoms with Gasteiger partial charge in [0.05, 0.1) is 13.2 Å². The van der Waals surface area contributed by atoms with Gasteiger partial charge >= 0.3 is 0 Å². The topological polar surface area (TPSA) is 72.2 Å². The van der Waals surface area contributed by atoms with Crippen LogP contribution >= 0.6 is 0 Å². The van der Waals surface area contributed by atoms with Gasteiger partial charge in [-0.3, -0.25) is 4.84 Å². The minimum absolute atomic E-state index is 0.209. The van der Waals surface area contributed by atoms with Crippen molar-refractivity contribution in [3.63, 3.8) is 0 Å². The second-order valence-corrected chi connectivity index (χ2v) is 5.61. The number of methoxy groups -OCH3 is 1. The predicted octanol–water partition coefficient (Wildman–Crippen LogP) is 3.13. The first-order valence-electron chi connectivity index (χ1n) is 8.18. The summed E-state index contributed by atoms with van der Waals surface area (Å²) in [6, 6.07) is 5.61. The van der Waals surface area contributed by atoms with E-state index in [0.717, 1.165) is 44.3 Å². The van der Waals surface area contributed by atoms with Crippen molar-refractivity contribution in [1.82, 2.24) is 0 Å². The Morgan fingerprint density at radius 1 is 1.26 bits per heavy atom. The minimum atomic E-state index is -0.284. The van der Waals surface area contributed by atoms with Crippen molar-refractivity contribution in [2.24, 2.45) is 5.90 Å². The highest BCUT2D eigenvalue weighted by Gasteiger charge is 2.17. The monoisotopic (exact) mass is 325 g/mol. The van der Waals surface area contributed by atoms with E-state index < -0.39 is 0 Å². The Hall–Kier alpha value is -1.34. The quantitative estimate of drug-likeness (QED) is 0.555. The zero-order valence-corrected chi connectivity index (χ0v) is 14.0. The van der Waals surface area contributed by atoms with Crippen LogP contribution in [-0.4, -0.2) is 26.3 Å². The molecule has 2 atom stereocenters. The van der Waals surface area contributed by atoms with E-state index in [1.165, 1.54) is 0 Å². The number of hydrogen-bond acceptors (Lipinski definition) is 6. The van der Waals surface area contributed by atoms with Crippen LogP contribution in [0.25, 0.3) is 0 Å². The molecule has 0 spiro atoms. The molecule has 0 aliphatic carbocycles. The lowest BCUT2D eigenvalue weighted by Crippen LogP contribution is -2.25. The van der Waals surface area contributed by atoms with E-state index in [9.17, 15) is 0 Å². The van der Waals surface area contributed by atoms with Crippen LogP contribution < -0.4 is 15.4 Å². The van der Waals surface area contributed by atoms with Gasteiger partial charge in [-0.1, -0.05) is 13.3 Å². The Labute approximate surface area is 137 Å². The summed E-state index contributed by atoms with van der Waals surface area (Å²) in [5, 5.41) is 0. The maximum atomic E-state index is 5.92. The fraction of sp³-hybridized carbons (Fsp3) is 0.647. The highest BCUT2D eigenvalue weighted by atomic mass is 16.7. The van der Waals surface area contributed by atoms with Crippen molar-refractivity contribution in [2.45, 2.75) is 58.2 Å². The average Bonchev–Trinajstić information content (AvgIpc) is 2.55. The van der Waals surface area contributed by atoms with Gasteiger partial charge in [-0.05, 0) is 30.5 Å². The summed E-state index contributed by atoms with van der Waals surface area (Å²) in [5.41, 5.74) is 0.877. The van der Waals surface area contributed by atoms with E-state index in [1.807, 2.05) is 18.2 Å². The summed E-state index contributed by atoms with van der Waals surface area (Å²) in [6.45, 7) is 3.11. The zero-order valence-electron chi connectivity index (χ0n) is 14.0. The predicted molar refractivity (Wildman–Crippen MR) is 86.0 cm³/mol. The largest absolute Gasteiger partial charge is 0.465 e. The van der Waals surface area contributed by atoms with E-state index >= 15 is 0 Å². The number of nitrogens with two attached hydrogens (primary N) is 1. The lowest BCUT2D eigenvalue weighted by Gasteiger charge is -2.24. The molecule has 130 valence electrons. The molecule has 1 aromatic rings. The molecule has 0 radical (unpaired) electrons. The number of rotatable bonds is 9. The SMILES string of the molecule is CCCC(OC)Oc1cc(CON)cc(OC2CCCCO2)c1. The van der Waals surface area contributed by atoms with Crippen LogP contribution in [0.1, 0.15) is 44.6 Å². The van der Waals surface area contributed by atoms with Crippen LogP contribution in [-0.2, 0) is 20.9 Å². The number of ether oxygens (including phenoxy) is 4. The van der Waals surface area contributed by atoms with E-state index in [-0.39, 0.29) is 19.2 Å². The molecule has 1 fully saturated rings. The third-order valence-electron chi connectivity index (χ3n) is 3.65. The van der Waals surface area contributed by atoms with Gasteiger partial charge in [-0.25, -0.2) is 5.90 Å². The molecule has 1 saturated heterocycles. The maximum Gasteiger partial charge on any atom is 0.199 e. The van der Waals surface area contributed by atoms with Crippen LogP contribution in [0.2, 0.25) is 0 Å². The second kappa shape index (κ2) is 9.72. The Kier molecular flexibility index (Phi) is 7.61. The third kappa shape index (κ3) is 5.99. The molecule has 6 heteroatoms. The van der Waals surface area contributed by atoms with Crippen LogP contribution in [0, 0.1) is 0 Å². The van der Waals surface area contributed by atoms with Crippen molar-refractivity contribution in [3.8, 4) is 11.5 Å². The molecule has 0 aromatic heterocycles. The highest BCUT2D eigenvalue weighted by molar-refractivity contribution is 5.38. The lowest BCUT2D eigenvalue weighted by molar-refractivity contribution is -0.106. The summed E-state index contributed by atoms with van der Waals surface area (Å²) in [6.07, 6.45) is 4.39. The van der Waals surface area contributed by atoms with Gasteiger partial charge in [0.25, 0.3) is 0 Å². The molecule has 2 rings (SSSR count). The van der Waals surface area contributed by atoms with Gasteiger partial charge in [0.15, 0.2) is 12.6 Å². The zero-order chi connectivity index (χ0) is 16.5. The Bertz CT molecular complexity index is 437. The Morgan fingerprint density at radius 3 is 2.74 bits per heavy atom. The molecule has 2 N–H and O–H groups in total. The molecule has 1 aromatic carbocycles. The van der Waals surface area contributed by atoms with Gasteiger partial charge < -0.3 is 18.9 Å². The van der Waals surface area contributed by atoms with Gasteiger partial charge in [0.1, 0.15) is 11.5 Å². The summed E-state index contributed by atoms with van der Waals surface area (Å²) >= 11 is 0. The van der Waals surface area contributed by atoms with Crippen molar-refractivity contribution in [3.05, 3.63) is 23.8 Å². The van der Waals surface area contributed by atoms with Crippen LogP contribution in [0.3, 0.4) is 0 Å². The van der Waals surface area contributed by atoms with Crippen LogP contribution in [0.5, 0.6) is 11.5 Å². The fourth-order valence-corrected chi connectivity index (χ4v) is 2.51. The summed E-state index contributed by atoms with van der Waals surface area (Å²) in [5.74, 6) is 6.55. The first kappa shape index (κ1) is 18.0. The minimum Gasteiger partial charge on any atom is -0.465 e. The van der Waals surface area contributed by atoms with Gasteiger partial charge in [-0.15, -0.1) is 0 Å². The van der Waals surface area contributed by atoms with Crippen molar-refractivity contribution >= 4 is 0 Å². The van der Waals surface area contributed by atoms with Crippen molar-refractivity contribution in [2.75, 3.05) is 13.7 Å². The van der Waals surface area contributed by atoms with Crippen LogP contribution in [0.4, 0.5) is 0 Å². The molecule has 1 aliphatic rings. The molecule has 23 heavy (non-hydrogen) atoms. The molecule has 0 saturated carbocycles. The first-order chi connectivity index (χ1) is 11.2. The lowest BCUT2D eigenvalue weighted by atomic mass is 10.2. The van der Waals surface area contributed by atoms with Crippen molar-refractivity contribution in [1.29, 1.82) is 0 Å². The van der Waals surface area contributed by atoms with Gasteiger partial charge in [-0.2, -0.15) is 0 Å². The van der Waals surface area contributed by atoms with E-state index in [2.05, 4.69) is 6.92 Å². The Morgan fingerprint density at radius 2 is 2.09 bits per heavy atom. The summed E-state index contributed by atoms with van der Waals surface area (Å²) in [4.78, 5) is 4.73. The second-order valence-electron chi connectivity index (χ2n) is 5.61. The first-order valence-corrected chi connectivity index (χ1v) is 8.18. The maximum absolute atomic E-state index is 5.92. The number of benzene rings is 1. The van der Waals surface area contributed by atoms with Gasteiger partial charge in [0.2, 0.25) is 0 Å². The van der Waals surface area contributed by atoms with E-state index in [1.54, 1.807) is 7.11 Å². The smallest absolute Gasteiger partial charge is 0.199 e. The molecular formula is C17H27NO5. The molecule has 1 aliphatic heterocycles. The fourth-order valence-electron chi connectivity index (χ4n) is 2.51. The normalized spacial score (nSPS) is 19.3. The van der Waals surface area contributed by atoms with E-state index in [0.29, 0.717) is 11.5 Å². The molecule has 0 bridgehead atoms. The highest BCUT2D eigenvalue weighted by Crippen LogP contribution is 2.27. The third-order valence-corrected chi connectivity index (χ3v) is 3.65. The Balaban J connectivity index is 2.09. The molecule has 1 heterocycles. The van der Waals surface area contributed by atoms with Crippen molar-refractivity contribution < 1.29 is 23.8 Å². The number of hydrogen-bond donors (Lipinski definition) is 1. The molecule has 6 nitrogen and oxygen atoms in total. The van der Waals surface area contributed by atoms with Gasteiger partial charge in [0, 0.05) is 26.0 Å². The summed E-state index contributed by atoms with van der Waals surface area (Å²) < 4.78 is 22.8. The molecule has 2 unspecified atom stereocenters. The molecular weight excluding hydrogens is 298 g/mol. The van der Waals surface area contributed by atoms with E-state index in [4.69, 9.17) is 29.7 Å². The average molecular weight is 325 g/mol. The standard InChI is InChI=1S/C17H27NO5/c1-3-6-16(19-2)22-14-9-13(12-21-18)10-15(11-14)23-17-7-4-5-8-20-17/h9-11,16-17H,3-8,12,18H2,1-2H3. The summed E-state index contributed by atoms with van der Waals surface area (Å²) in [7, 11) is 1.64. The molecule has 0 amide bonds. The van der Waals surface area contributed by atoms with Crippen LogP contribution in [0.15, 0.2) is 18.2 Å².